The summed E-state index contributed by atoms with van der Waals surface area (Å²) in [6.45, 7) is 0. The molecule has 6 heteroatoms. The van der Waals surface area contributed by atoms with Crippen molar-refractivity contribution in [2.75, 3.05) is 0 Å². The molecule has 0 saturated heterocycles. The Labute approximate surface area is 117 Å². The third-order valence-electron chi connectivity index (χ3n) is 2.18. The van der Waals surface area contributed by atoms with Gasteiger partial charge in [0.1, 0.15) is 5.03 Å². The third kappa shape index (κ3) is 3.24. The van der Waals surface area contributed by atoms with E-state index < -0.39 is 0 Å². The minimum atomic E-state index is 0.105. The Morgan fingerprint density at radius 3 is 2.50 bits per heavy atom. The largest absolute Gasteiger partial charge is 0.409 e. The van der Waals surface area contributed by atoms with Crippen molar-refractivity contribution in [3.63, 3.8) is 0 Å². The lowest BCUT2D eigenvalue weighted by Crippen LogP contribution is -2.12. The molecule has 1 aromatic carbocycles. The molecule has 0 saturated carbocycles. The van der Waals surface area contributed by atoms with Crippen LogP contribution in [-0.2, 0) is 0 Å². The first kappa shape index (κ1) is 12.9. The van der Waals surface area contributed by atoms with E-state index in [2.05, 4.69) is 26.1 Å². The summed E-state index contributed by atoms with van der Waals surface area (Å²) in [7, 11) is 0. The molecular weight excluding hydrogens is 314 g/mol. The first-order valence-corrected chi connectivity index (χ1v) is 6.67. The van der Waals surface area contributed by atoms with Crippen molar-refractivity contribution in [3.05, 3.63) is 52.6 Å². The number of halogens is 1. The molecule has 0 radical (unpaired) electrons. The van der Waals surface area contributed by atoms with Crippen molar-refractivity contribution in [2.24, 2.45) is 10.9 Å². The number of oxime groups is 1. The van der Waals surface area contributed by atoms with Gasteiger partial charge in [-0.1, -0.05) is 29.1 Å². The van der Waals surface area contributed by atoms with E-state index in [4.69, 9.17) is 10.9 Å². The fraction of sp³-hybridized carbons (Fsp3) is 0. The van der Waals surface area contributed by atoms with Crippen molar-refractivity contribution in [1.29, 1.82) is 0 Å². The fourth-order valence-corrected chi connectivity index (χ4v) is 2.28. The van der Waals surface area contributed by atoms with Crippen molar-refractivity contribution in [2.45, 2.75) is 9.92 Å². The molecule has 0 atom stereocenters. The van der Waals surface area contributed by atoms with Gasteiger partial charge in [0.25, 0.3) is 0 Å². The van der Waals surface area contributed by atoms with Gasteiger partial charge < -0.3 is 10.9 Å². The summed E-state index contributed by atoms with van der Waals surface area (Å²) in [5.41, 5.74) is 6.17. The number of benzene rings is 1. The lowest BCUT2D eigenvalue weighted by molar-refractivity contribution is 0.318. The molecule has 2 aromatic rings. The number of pyridine rings is 1. The standard InChI is InChI=1S/C12H10BrN3OS/c13-9-3-6-11(15-7-9)18-10-4-1-8(2-5-10)12(14)16-17/h1-7,17H,(H2,14,16). The highest BCUT2D eigenvalue weighted by atomic mass is 79.9. The van der Waals surface area contributed by atoms with Gasteiger partial charge in [-0.25, -0.2) is 4.98 Å². The number of nitrogens with zero attached hydrogens (tertiary/aromatic N) is 2. The highest BCUT2D eigenvalue weighted by molar-refractivity contribution is 9.10. The van der Waals surface area contributed by atoms with Gasteiger partial charge in [-0.15, -0.1) is 0 Å². The first-order valence-electron chi connectivity index (χ1n) is 5.06. The molecule has 0 aliphatic heterocycles. The molecule has 0 bridgehead atoms. The van der Waals surface area contributed by atoms with Crippen LogP contribution in [0.5, 0.6) is 0 Å². The zero-order chi connectivity index (χ0) is 13.0. The average molecular weight is 324 g/mol. The summed E-state index contributed by atoms with van der Waals surface area (Å²) in [6, 6.07) is 11.3. The second-order valence-electron chi connectivity index (χ2n) is 3.43. The van der Waals surface area contributed by atoms with Gasteiger partial charge in [-0.3, -0.25) is 0 Å². The van der Waals surface area contributed by atoms with Gasteiger partial charge in [0.05, 0.1) is 0 Å². The molecule has 0 aliphatic rings. The highest BCUT2D eigenvalue weighted by Crippen LogP contribution is 2.26. The van der Waals surface area contributed by atoms with Crippen LogP contribution in [0.15, 0.2) is 62.1 Å². The molecule has 2 rings (SSSR count). The topological polar surface area (TPSA) is 71.5 Å². The highest BCUT2D eigenvalue weighted by Gasteiger charge is 2.01. The van der Waals surface area contributed by atoms with E-state index in [1.54, 1.807) is 30.1 Å². The van der Waals surface area contributed by atoms with Crippen LogP contribution in [0.4, 0.5) is 0 Å². The molecule has 0 unspecified atom stereocenters. The van der Waals surface area contributed by atoms with E-state index in [1.807, 2.05) is 24.3 Å². The SMILES string of the molecule is NC(=NO)c1ccc(Sc2ccc(Br)cn2)cc1. The molecule has 0 spiro atoms. The van der Waals surface area contributed by atoms with Crippen LogP contribution in [0.25, 0.3) is 0 Å². The van der Waals surface area contributed by atoms with Gasteiger partial charge in [0.15, 0.2) is 5.84 Å². The maximum atomic E-state index is 8.56. The molecular formula is C12H10BrN3OS. The molecule has 1 aromatic heterocycles. The van der Waals surface area contributed by atoms with E-state index in [1.165, 1.54) is 0 Å². The molecule has 0 amide bonds. The van der Waals surface area contributed by atoms with Crippen LogP contribution in [0.3, 0.4) is 0 Å². The number of aromatic nitrogens is 1. The number of rotatable bonds is 3. The monoisotopic (exact) mass is 323 g/mol. The lowest BCUT2D eigenvalue weighted by Gasteiger charge is -2.02. The molecule has 18 heavy (non-hydrogen) atoms. The Morgan fingerprint density at radius 2 is 1.94 bits per heavy atom. The van der Waals surface area contributed by atoms with Gasteiger partial charge in [0, 0.05) is 21.1 Å². The molecule has 1 heterocycles. The lowest BCUT2D eigenvalue weighted by atomic mass is 10.2. The van der Waals surface area contributed by atoms with Gasteiger partial charge in [0.2, 0.25) is 0 Å². The van der Waals surface area contributed by atoms with Crippen molar-refractivity contribution in [3.8, 4) is 0 Å². The van der Waals surface area contributed by atoms with Crippen LogP contribution >= 0.6 is 27.7 Å². The smallest absolute Gasteiger partial charge is 0.170 e. The zero-order valence-corrected chi connectivity index (χ0v) is 11.6. The van der Waals surface area contributed by atoms with E-state index >= 15 is 0 Å². The summed E-state index contributed by atoms with van der Waals surface area (Å²) < 4.78 is 0.953. The van der Waals surface area contributed by atoms with Crippen LogP contribution in [0, 0.1) is 0 Å². The van der Waals surface area contributed by atoms with Gasteiger partial charge in [-0.05, 0) is 40.2 Å². The van der Waals surface area contributed by atoms with Crippen molar-refractivity contribution >= 4 is 33.5 Å². The first-order chi connectivity index (χ1) is 8.69. The third-order valence-corrected chi connectivity index (χ3v) is 3.61. The van der Waals surface area contributed by atoms with Crippen LogP contribution in [0.1, 0.15) is 5.56 Å². The Kier molecular flexibility index (Phi) is 4.22. The number of hydrogen-bond acceptors (Lipinski definition) is 4. The Balaban J connectivity index is 2.13. The normalized spacial score (nSPS) is 11.5. The fourth-order valence-electron chi connectivity index (χ4n) is 1.29. The van der Waals surface area contributed by atoms with E-state index in [-0.39, 0.29) is 5.84 Å². The molecule has 92 valence electrons. The molecule has 3 N–H and O–H groups in total. The Morgan fingerprint density at radius 1 is 1.22 bits per heavy atom. The second-order valence-corrected chi connectivity index (χ2v) is 5.44. The van der Waals surface area contributed by atoms with Crippen molar-refractivity contribution in [1.82, 2.24) is 4.98 Å². The number of hydrogen-bond donors (Lipinski definition) is 2. The molecule has 4 nitrogen and oxygen atoms in total. The molecule has 0 aliphatic carbocycles. The average Bonchev–Trinajstić information content (AvgIpc) is 2.41. The summed E-state index contributed by atoms with van der Waals surface area (Å²) in [5.74, 6) is 0.105. The number of nitrogens with two attached hydrogens (primary N) is 1. The quantitative estimate of drug-likeness (QED) is 0.394. The summed E-state index contributed by atoms with van der Waals surface area (Å²) in [4.78, 5) is 5.32. The summed E-state index contributed by atoms with van der Waals surface area (Å²) in [5, 5.41) is 12.4. The summed E-state index contributed by atoms with van der Waals surface area (Å²) >= 11 is 4.89. The van der Waals surface area contributed by atoms with Gasteiger partial charge >= 0.3 is 0 Å². The second kappa shape index (κ2) is 5.88. The maximum Gasteiger partial charge on any atom is 0.170 e. The van der Waals surface area contributed by atoms with E-state index in [9.17, 15) is 0 Å². The van der Waals surface area contributed by atoms with Crippen LogP contribution in [-0.4, -0.2) is 16.0 Å². The van der Waals surface area contributed by atoms with Gasteiger partial charge in [-0.2, -0.15) is 0 Å². The Hall–Kier alpha value is -1.53. The summed E-state index contributed by atoms with van der Waals surface area (Å²) in [6.07, 6.45) is 1.76. The number of amidine groups is 1. The Bertz CT molecular complexity index is 555. The molecule has 0 fully saturated rings. The van der Waals surface area contributed by atoms with Crippen LogP contribution in [0.2, 0.25) is 0 Å². The predicted octanol–water partition coefficient (Wildman–Crippen LogP) is 3.09. The zero-order valence-electron chi connectivity index (χ0n) is 9.25. The van der Waals surface area contributed by atoms with Crippen LogP contribution < -0.4 is 5.73 Å². The van der Waals surface area contributed by atoms with E-state index in [0.29, 0.717) is 5.56 Å². The van der Waals surface area contributed by atoms with E-state index in [0.717, 1.165) is 14.4 Å². The minimum Gasteiger partial charge on any atom is -0.409 e. The minimum absolute atomic E-state index is 0.105. The van der Waals surface area contributed by atoms with Crippen molar-refractivity contribution < 1.29 is 5.21 Å². The predicted molar refractivity (Wildman–Crippen MR) is 75.0 cm³/mol. The maximum absolute atomic E-state index is 8.56.